The Balaban J connectivity index is 2.19. The summed E-state index contributed by atoms with van der Waals surface area (Å²) in [7, 11) is 0. The van der Waals surface area contributed by atoms with Crippen LogP contribution in [-0.4, -0.2) is 14.6 Å². The van der Waals surface area contributed by atoms with Crippen molar-refractivity contribution in [1.29, 1.82) is 0 Å². The molecule has 7 heteroatoms. The number of nitrogen functional groups attached to an aromatic ring is 1. The van der Waals surface area contributed by atoms with Gasteiger partial charge in [-0.05, 0) is 0 Å². The smallest absolute Gasteiger partial charge is 0.384 e. The van der Waals surface area contributed by atoms with E-state index in [0.29, 0.717) is 5.69 Å². The summed E-state index contributed by atoms with van der Waals surface area (Å²) < 4.78 is 38.9. The van der Waals surface area contributed by atoms with Gasteiger partial charge < -0.3 is 5.73 Å². The van der Waals surface area contributed by atoms with Crippen molar-refractivity contribution >= 4 is 11.5 Å². The molecule has 2 heterocycles. The summed E-state index contributed by atoms with van der Waals surface area (Å²) in [6, 6.07) is 11.5. The van der Waals surface area contributed by atoms with Gasteiger partial charge in [-0.1, -0.05) is 30.3 Å². The Morgan fingerprint density at radius 2 is 1.75 bits per heavy atom. The van der Waals surface area contributed by atoms with E-state index in [1.54, 1.807) is 12.1 Å². The second kappa shape index (κ2) is 4.22. The number of anilines is 1. The molecule has 0 radical (unpaired) electrons. The molecule has 0 fully saturated rings. The standard InChI is InChI=1S/C13H9F3N4/c14-13(15,16)10-7-12-18-9(6-11(17)20(12)19-10)8-4-2-1-3-5-8/h1-7H,17H2. The summed E-state index contributed by atoms with van der Waals surface area (Å²) in [5.41, 5.74) is 6.08. The Bertz CT molecular complexity index is 762. The quantitative estimate of drug-likeness (QED) is 0.744. The minimum absolute atomic E-state index is 0.0659. The van der Waals surface area contributed by atoms with Gasteiger partial charge >= 0.3 is 6.18 Å². The van der Waals surface area contributed by atoms with E-state index in [2.05, 4.69) is 10.1 Å². The van der Waals surface area contributed by atoms with E-state index >= 15 is 0 Å². The monoisotopic (exact) mass is 278 g/mol. The third-order valence-electron chi connectivity index (χ3n) is 2.81. The van der Waals surface area contributed by atoms with E-state index < -0.39 is 11.9 Å². The lowest BCUT2D eigenvalue weighted by Gasteiger charge is -2.04. The third-order valence-corrected chi connectivity index (χ3v) is 2.81. The Morgan fingerprint density at radius 3 is 2.40 bits per heavy atom. The predicted octanol–water partition coefficient (Wildman–Crippen LogP) is 3.00. The van der Waals surface area contributed by atoms with Gasteiger partial charge in [0.15, 0.2) is 11.3 Å². The van der Waals surface area contributed by atoms with Crippen LogP contribution >= 0.6 is 0 Å². The number of rotatable bonds is 1. The molecule has 0 spiro atoms. The van der Waals surface area contributed by atoms with Crippen molar-refractivity contribution in [2.75, 3.05) is 5.73 Å². The lowest BCUT2D eigenvalue weighted by atomic mass is 10.1. The molecule has 3 rings (SSSR count). The van der Waals surface area contributed by atoms with E-state index in [1.807, 2.05) is 18.2 Å². The molecule has 0 atom stereocenters. The van der Waals surface area contributed by atoms with E-state index in [0.717, 1.165) is 16.1 Å². The van der Waals surface area contributed by atoms with Gasteiger partial charge in [-0.2, -0.15) is 22.8 Å². The molecular weight excluding hydrogens is 269 g/mol. The lowest BCUT2D eigenvalue weighted by molar-refractivity contribution is -0.141. The van der Waals surface area contributed by atoms with Crippen LogP contribution in [0.3, 0.4) is 0 Å². The van der Waals surface area contributed by atoms with Gasteiger partial charge in [0, 0.05) is 17.7 Å². The number of halogens is 3. The van der Waals surface area contributed by atoms with Crippen LogP contribution in [0.4, 0.5) is 19.0 Å². The van der Waals surface area contributed by atoms with Crippen molar-refractivity contribution in [3.8, 4) is 11.3 Å². The van der Waals surface area contributed by atoms with Crippen LogP contribution in [0.1, 0.15) is 5.69 Å². The molecule has 0 amide bonds. The minimum atomic E-state index is -4.52. The Labute approximate surface area is 111 Å². The molecule has 0 saturated carbocycles. The van der Waals surface area contributed by atoms with Crippen molar-refractivity contribution in [2.24, 2.45) is 0 Å². The second-order valence-corrected chi connectivity index (χ2v) is 4.23. The van der Waals surface area contributed by atoms with Gasteiger partial charge in [-0.15, -0.1) is 0 Å². The second-order valence-electron chi connectivity index (χ2n) is 4.23. The van der Waals surface area contributed by atoms with Crippen LogP contribution in [0.5, 0.6) is 0 Å². The zero-order valence-electron chi connectivity index (χ0n) is 10.1. The SMILES string of the molecule is Nc1cc(-c2ccccc2)nc2cc(C(F)(F)F)nn12. The summed E-state index contributed by atoms with van der Waals surface area (Å²) in [5.74, 6) is 0.101. The average molecular weight is 278 g/mol. The minimum Gasteiger partial charge on any atom is -0.384 e. The molecule has 0 aliphatic heterocycles. The highest BCUT2D eigenvalue weighted by atomic mass is 19.4. The van der Waals surface area contributed by atoms with Gasteiger partial charge in [-0.25, -0.2) is 4.98 Å². The zero-order chi connectivity index (χ0) is 14.3. The fraction of sp³-hybridized carbons (Fsp3) is 0.0769. The van der Waals surface area contributed by atoms with Crippen molar-refractivity contribution in [3.05, 3.63) is 48.2 Å². The Kier molecular flexibility index (Phi) is 2.63. The first-order chi connectivity index (χ1) is 9.45. The normalized spacial score (nSPS) is 11.9. The first-order valence-corrected chi connectivity index (χ1v) is 5.74. The largest absolute Gasteiger partial charge is 0.435 e. The van der Waals surface area contributed by atoms with Crippen molar-refractivity contribution in [1.82, 2.24) is 14.6 Å². The summed E-state index contributed by atoms with van der Waals surface area (Å²) in [6.07, 6.45) is -4.52. The van der Waals surface area contributed by atoms with Crippen molar-refractivity contribution in [3.63, 3.8) is 0 Å². The van der Waals surface area contributed by atoms with Crippen LogP contribution in [0.15, 0.2) is 42.5 Å². The zero-order valence-corrected chi connectivity index (χ0v) is 10.1. The topological polar surface area (TPSA) is 56.2 Å². The highest BCUT2D eigenvalue weighted by Gasteiger charge is 2.34. The van der Waals surface area contributed by atoms with Crippen LogP contribution in [0, 0.1) is 0 Å². The van der Waals surface area contributed by atoms with Crippen molar-refractivity contribution < 1.29 is 13.2 Å². The van der Waals surface area contributed by atoms with E-state index in [1.165, 1.54) is 6.07 Å². The van der Waals surface area contributed by atoms with Gasteiger partial charge in [0.1, 0.15) is 5.82 Å². The number of alkyl halides is 3. The number of hydrogen-bond acceptors (Lipinski definition) is 3. The van der Waals surface area contributed by atoms with Crippen LogP contribution < -0.4 is 5.73 Å². The van der Waals surface area contributed by atoms with Gasteiger partial charge in [0.05, 0.1) is 5.69 Å². The molecule has 0 unspecified atom stereocenters. The molecule has 2 N–H and O–H groups in total. The fourth-order valence-electron chi connectivity index (χ4n) is 1.89. The molecule has 0 saturated heterocycles. The average Bonchev–Trinajstić information content (AvgIpc) is 2.84. The first-order valence-electron chi connectivity index (χ1n) is 5.74. The van der Waals surface area contributed by atoms with E-state index in [-0.39, 0.29) is 11.5 Å². The number of nitrogens with zero attached hydrogens (tertiary/aromatic N) is 3. The number of aromatic nitrogens is 3. The van der Waals surface area contributed by atoms with E-state index in [4.69, 9.17) is 5.73 Å². The van der Waals surface area contributed by atoms with Crippen LogP contribution in [0.25, 0.3) is 16.9 Å². The first kappa shape index (κ1) is 12.5. The number of nitrogens with two attached hydrogens (primary N) is 1. The molecule has 4 nitrogen and oxygen atoms in total. The molecule has 0 aliphatic rings. The molecule has 0 aliphatic carbocycles. The summed E-state index contributed by atoms with van der Waals surface area (Å²) in [5, 5.41) is 3.42. The highest BCUT2D eigenvalue weighted by molar-refractivity contribution is 5.65. The molecule has 1 aromatic carbocycles. The summed E-state index contributed by atoms with van der Waals surface area (Å²) in [6.45, 7) is 0. The molecule has 0 bridgehead atoms. The Hall–Kier alpha value is -2.57. The maximum atomic E-state index is 12.6. The maximum Gasteiger partial charge on any atom is 0.435 e. The number of fused-ring (bicyclic) bond motifs is 1. The summed E-state index contributed by atoms with van der Waals surface area (Å²) in [4.78, 5) is 4.16. The molecular formula is C13H9F3N4. The maximum absolute atomic E-state index is 12.6. The highest BCUT2D eigenvalue weighted by Crippen LogP contribution is 2.30. The molecule has 3 aromatic rings. The van der Waals surface area contributed by atoms with Gasteiger partial charge in [0.25, 0.3) is 0 Å². The van der Waals surface area contributed by atoms with E-state index in [9.17, 15) is 13.2 Å². The van der Waals surface area contributed by atoms with Crippen LogP contribution in [0.2, 0.25) is 0 Å². The van der Waals surface area contributed by atoms with Crippen LogP contribution in [-0.2, 0) is 6.18 Å². The predicted molar refractivity (Wildman–Crippen MR) is 67.8 cm³/mol. The molecule has 2 aromatic heterocycles. The van der Waals surface area contributed by atoms with Crippen molar-refractivity contribution in [2.45, 2.75) is 6.18 Å². The van der Waals surface area contributed by atoms with Gasteiger partial charge in [-0.3, -0.25) is 0 Å². The number of hydrogen-bond donors (Lipinski definition) is 1. The summed E-state index contributed by atoms with van der Waals surface area (Å²) >= 11 is 0. The van der Waals surface area contributed by atoms with Gasteiger partial charge in [0.2, 0.25) is 0 Å². The molecule has 20 heavy (non-hydrogen) atoms. The fourth-order valence-corrected chi connectivity index (χ4v) is 1.89. The molecule has 102 valence electrons. The Morgan fingerprint density at radius 1 is 1.05 bits per heavy atom. The number of benzene rings is 1. The third kappa shape index (κ3) is 2.07. The lowest BCUT2D eigenvalue weighted by Crippen LogP contribution is -2.07.